The summed E-state index contributed by atoms with van der Waals surface area (Å²) in [4.78, 5) is 64.1. The number of carbonyl (C=O) groups is 4. The van der Waals surface area contributed by atoms with Gasteiger partial charge in [0.05, 0.1) is 6.04 Å². The number of hydrogen-bond donors (Lipinski definition) is 1. The molecule has 1 aliphatic heterocycles. The largest absolute Gasteiger partial charge is 0.455 e. The number of aromatic nitrogens is 1. The number of ether oxygens (including phenoxy) is 1. The summed E-state index contributed by atoms with van der Waals surface area (Å²) < 4.78 is 5.82. The van der Waals surface area contributed by atoms with Crippen molar-refractivity contribution in [2.45, 2.75) is 117 Å². The van der Waals surface area contributed by atoms with Crippen molar-refractivity contribution in [2.75, 3.05) is 34.7 Å². The Morgan fingerprint density at radius 2 is 1.68 bits per heavy atom. The van der Waals surface area contributed by atoms with Crippen molar-refractivity contribution >= 4 is 34.9 Å². The summed E-state index contributed by atoms with van der Waals surface area (Å²) in [6, 6.07) is 9.80. The first-order valence-corrected chi connectivity index (χ1v) is 19.1. The van der Waals surface area contributed by atoms with Crippen LogP contribution in [0.3, 0.4) is 0 Å². The van der Waals surface area contributed by atoms with E-state index in [1.807, 2.05) is 67.0 Å². The van der Waals surface area contributed by atoms with Crippen molar-refractivity contribution in [3.63, 3.8) is 0 Å². The Bertz CT molecular complexity index is 1400. The van der Waals surface area contributed by atoms with Crippen LogP contribution in [0.4, 0.5) is 0 Å². The van der Waals surface area contributed by atoms with Crippen LogP contribution in [0.5, 0.6) is 0 Å². The lowest BCUT2D eigenvalue weighted by molar-refractivity contribution is -0.149. The lowest BCUT2D eigenvalue weighted by atomic mass is 9.84. The molecule has 50 heavy (non-hydrogen) atoms. The van der Waals surface area contributed by atoms with Gasteiger partial charge in [-0.3, -0.25) is 24.1 Å². The van der Waals surface area contributed by atoms with Crippen molar-refractivity contribution in [1.29, 1.82) is 0 Å². The van der Waals surface area contributed by atoms with Crippen LogP contribution in [-0.4, -0.2) is 102 Å². The predicted molar refractivity (Wildman–Crippen MR) is 200 cm³/mol. The molecular weight excluding hydrogens is 651 g/mol. The molecule has 278 valence electrons. The second-order valence-corrected chi connectivity index (χ2v) is 16.0. The molecule has 3 rings (SSSR count). The van der Waals surface area contributed by atoms with Gasteiger partial charge in [-0.2, -0.15) is 0 Å². The zero-order valence-corrected chi connectivity index (χ0v) is 32.8. The van der Waals surface area contributed by atoms with Crippen LogP contribution in [0.25, 0.3) is 0 Å². The maximum absolute atomic E-state index is 14.1. The first-order valence-electron chi connectivity index (χ1n) is 18.2. The Balaban J connectivity index is 1.79. The molecule has 11 heteroatoms. The van der Waals surface area contributed by atoms with Gasteiger partial charge in [0, 0.05) is 56.2 Å². The molecule has 2 heterocycles. The van der Waals surface area contributed by atoms with E-state index in [0.29, 0.717) is 17.8 Å². The number of benzene rings is 1. The molecule has 0 unspecified atom stereocenters. The fraction of sp³-hybridized carbons (Fsp3) is 0.667. The van der Waals surface area contributed by atoms with Gasteiger partial charge in [-0.05, 0) is 77.7 Å². The molecule has 2 amide bonds. The molecule has 0 aliphatic carbocycles. The third kappa shape index (κ3) is 12.0. The monoisotopic (exact) mass is 711 g/mol. The van der Waals surface area contributed by atoms with Gasteiger partial charge in [0.2, 0.25) is 5.91 Å². The molecule has 0 saturated carbocycles. The number of hydrogen-bond acceptors (Lipinski definition) is 9. The summed E-state index contributed by atoms with van der Waals surface area (Å²) in [6.45, 7) is 12.5. The number of nitrogens with zero attached hydrogens (tertiary/aromatic N) is 4. The van der Waals surface area contributed by atoms with Crippen LogP contribution in [0.15, 0.2) is 35.7 Å². The Kier molecular flexibility index (Phi) is 16.1. The normalized spacial score (nSPS) is 18.4. The third-order valence-corrected chi connectivity index (χ3v) is 11.2. The van der Waals surface area contributed by atoms with Gasteiger partial charge in [-0.15, -0.1) is 11.3 Å². The zero-order chi connectivity index (χ0) is 37.1. The highest BCUT2D eigenvalue weighted by Gasteiger charge is 2.37. The number of esters is 1. The van der Waals surface area contributed by atoms with E-state index in [9.17, 15) is 19.2 Å². The van der Waals surface area contributed by atoms with Crippen molar-refractivity contribution in [2.24, 2.45) is 17.8 Å². The van der Waals surface area contributed by atoms with Crippen molar-refractivity contribution in [3.8, 4) is 0 Å². The Labute approximate surface area is 304 Å². The number of Topliss-reactive ketones (excluding diaryl/α,β-unsaturated/α-hetero) is 1. The highest BCUT2D eigenvalue weighted by molar-refractivity contribution is 7.09. The minimum absolute atomic E-state index is 0.0219. The van der Waals surface area contributed by atoms with Gasteiger partial charge in [0.1, 0.15) is 10.7 Å². The van der Waals surface area contributed by atoms with Gasteiger partial charge >= 0.3 is 5.97 Å². The number of likely N-dealkylation sites (N-methyl/N-ethyl adjacent to an activating group) is 1. The van der Waals surface area contributed by atoms with Crippen molar-refractivity contribution in [3.05, 3.63) is 52.0 Å². The molecule has 0 radical (unpaired) electrons. The highest BCUT2D eigenvalue weighted by atomic mass is 32.1. The number of ketones is 1. The van der Waals surface area contributed by atoms with E-state index < -0.39 is 18.0 Å². The second kappa shape index (κ2) is 19.5. The fourth-order valence-corrected chi connectivity index (χ4v) is 7.72. The topological polar surface area (TPSA) is 112 Å². The Morgan fingerprint density at radius 1 is 1.00 bits per heavy atom. The molecule has 0 spiro atoms. The molecule has 1 N–H and O–H groups in total. The summed E-state index contributed by atoms with van der Waals surface area (Å²) in [5.41, 5.74) is 1.41. The minimum atomic E-state index is -0.745. The number of thiazole rings is 1. The fourth-order valence-electron chi connectivity index (χ4n) is 6.88. The summed E-state index contributed by atoms with van der Waals surface area (Å²) in [5, 5.41) is 5.42. The maximum atomic E-state index is 14.1. The van der Waals surface area contributed by atoms with Crippen LogP contribution < -0.4 is 5.32 Å². The summed E-state index contributed by atoms with van der Waals surface area (Å²) in [6.07, 6.45) is 4.17. The maximum Gasteiger partial charge on any atom is 0.303 e. The molecule has 10 nitrogen and oxygen atoms in total. The molecule has 1 aliphatic rings. The van der Waals surface area contributed by atoms with Crippen LogP contribution in [-0.2, 0) is 25.5 Å². The quantitative estimate of drug-likeness (QED) is 0.187. The lowest BCUT2D eigenvalue weighted by Crippen LogP contribution is -2.48. The zero-order valence-electron chi connectivity index (χ0n) is 32.0. The van der Waals surface area contributed by atoms with Crippen LogP contribution in [0.2, 0.25) is 0 Å². The molecule has 0 bridgehead atoms. The SMILES string of the molecule is CC(=O)O[C@H](C[C@H](C(C)C)N(C)C(=O)[C@@H](CC(=O)[C@H]1CCCCN1C)C(C)C)c1nc(C(=O)N[C@@H](Cc2ccccc2)C[C@@H](C)N(C)C)cs1. The van der Waals surface area contributed by atoms with E-state index in [4.69, 9.17) is 4.74 Å². The Morgan fingerprint density at radius 3 is 2.26 bits per heavy atom. The average Bonchev–Trinajstić information content (AvgIpc) is 3.55. The Hall–Kier alpha value is -3.15. The van der Waals surface area contributed by atoms with E-state index in [2.05, 4.69) is 39.2 Å². The highest BCUT2D eigenvalue weighted by Crippen LogP contribution is 2.32. The van der Waals surface area contributed by atoms with Crippen molar-refractivity contribution in [1.82, 2.24) is 25.0 Å². The molecule has 2 aromatic rings. The molecule has 1 saturated heterocycles. The van der Waals surface area contributed by atoms with Crippen LogP contribution in [0, 0.1) is 17.8 Å². The molecular formula is C39H61N5O5S. The predicted octanol–water partition coefficient (Wildman–Crippen LogP) is 6.02. The number of rotatable bonds is 18. The van der Waals surface area contributed by atoms with E-state index in [1.165, 1.54) is 18.3 Å². The summed E-state index contributed by atoms with van der Waals surface area (Å²) >= 11 is 1.28. The van der Waals surface area contributed by atoms with E-state index >= 15 is 0 Å². The van der Waals surface area contributed by atoms with E-state index in [-0.39, 0.29) is 65.7 Å². The molecule has 1 aromatic carbocycles. The number of likely N-dealkylation sites (tertiary alicyclic amines) is 1. The van der Waals surface area contributed by atoms with Crippen LogP contribution in [0.1, 0.15) is 107 Å². The average molecular weight is 712 g/mol. The number of piperidine rings is 1. The van der Waals surface area contributed by atoms with Gasteiger partial charge in [0.25, 0.3) is 5.91 Å². The van der Waals surface area contributed by atoms with Gasteiger partial charge in [0.15, 0.2) is 11.9 Å². The minimum Gasteiger partial charge on any atom is -0.455 e. The molecule has 1 fully saturated rings. The standard InChI is InChI=1S/C39H61N5O5S/c1-25(2)31(22-35(46)33-18-14-15-19-43(33)9)39(48)44(10)34(26(3)4)23-36(49-28(6)45)38-41-32(24-50-38)37(47)40-30(20-27(5)42(7)8)21-29-16-12-11-13-17-29/h11-13,16-17,24-27,30-31,33-34,36H,14-15,18-23H2,1-10H3,(H,40,47)/t27-,30-,31+,33-,34-,36-/m1/s1. The number of carbonyl (C=O) groups excluding carboxylic acids is 4. The van der Waals surface area contributed by atoms with Gasteiger partial charge in [-0.25, -0.2) is 4.98 Å². The van der Waals surface area contributed by atoms with E-state index in [0.717, 1.165) is 37.8 Å². The summed E-state index contributed by atoms with van der Waals surface area (Å²) in [7, 11) is 7.84. The molecule has 1 aromatic heterocycles. The molecule has 6 atom stereocenters. The van der Waals surface area contributed by atoms with Crippen LogP contribution >= 0.6 is 11.3 Å². The number of nitrogens with one attached hydrogen (secondary N) is 1. The third-order valence-electron chi connectivity index (χ3n) is 10.3. The number of amides is 2. The van der Waals surface area contributed by atoms with Gasteiger partial charge < -0.3 is 19.9 Å². The first-order chi connectivity index (χ1) is 23.6. The van der Waals surface area contributed by atoms with Gasteiger partial charge in [-0.1, -0.05) is 64.4 Å². The first kappa shape index (κ1) is 41.3. The van der Waals surface area contributed by atoms with E-state index in [1.54, 1.807) is 17.3 Å². The lowest BCUT2D eigenvalue weighted by Gasteiger charge is -2.37. The second-order valence-electron chi connectivity index (χ2n) is 15.1. The van der Waals surface area contributed by atoms with Crippen molar-refractivity contribution < 1.29 is 23.9 Å². The smallest absolute Gasteiger partial charge is 0.303 e. The summed E-state index contributed by atoms with van der Waals surface area (Å²) in [5.74, 6) is -1.14.